The Morgan fingerprint density at radius 3 is 2.53 bits per heavy atom. The summed E-state index contributed by atoms with van der Waals surface area (Å²) in [7, 11) is 0. The number of nitrogens with zero attached hydrogens (tertiary/aromatic N) is 1. The molecule has 2 nitrogen and oxygen atoms in total. The number of hydrogen-bond acceptors (Lipinski definition) is 2. The first kappa shape index (κ1) is 14.4. The van der Waals surface area contributed by atoms with Crippen LogP contribution < -0.4 is 0 Å². The van der Waals surface area contributed by atoms with Crippen LogP contribution in [0.3, 0.4) is 0 Å². The van der Waals surface area contributed by atoms with Gasteiger partial charge in [-0.25, -0.2) is 0 Å². The van der Waals surface area contributed by atoms with Crippen LogP contribution in [0.25, 0.3) is 0 Å². The van der Waals surface area contributed by atoms with Gasteiger partial charge in [-0.05, 0) is 30.7 Å². The van der Waals surface area contributed by atoms with Gasteiger partial charge in [0.1, 0.15) is 0 Å². The fraction of sp³-hybridized carbons (Fsp3) is 0.562. The Morgan fingerprint density at radius 2 is 1.95 bits per heavy atom. The average Bonchev–Trinajstić information content (AvgIpc) is 2.47. The van der Waals surface area contributed by atoms with Crippen molar-refractivity contribution in [1.29, 1.82) is 0 Å². The summed E-state index contributed by atoms with van der Waals surface area (Å²) in [6.07, 6.45) is 4.25. The third-order valence-electron chi connectivity index (χ3n) is 4.06. The first-order valence-electron chi connectivity index (χ1n) is 7.21. The molecule has 19 heavy (non-hydrogen) atoms. The predicted molar refractivity (Wildman–Crippen MR) is 82.5 cm³/mol. The molecule has 2 rings (SSSR count). The van der Waals surface area contributed by atoms with Gasteiger partial charge >= 0.3 is 0 Å². The Kier molecular flexibility index (Phi) is 5.32. The molecule has 104 valence electrons. The molecule has 0 aliphatic carbocycles. The second-order valence-electron chi connectivity index (χ2n) is 5.38. The zero-order chi connectivity index (χ0) is 13.7. The van der Waals surface area contributed by atoms with Crippen molar-refractivity contribution in [1.82, 2.24) is 4.90 Å². The number of thiol groups is 1. The maximum Gasteiger partial charge on any atom is 0.235 e. The number of amides is 1. The van der Waals surface area contributed by atoms with E-state index < -0.39 is 0 Å². The summed E-state index contributed by atoms with van der Waals surface area (Å²) >= 11 is 4.50. The summed E-state index contributed by atoms with van der Waals surface area (Å²) in [6.45, 7) is 4.05. The first-order chi connectivity index (χ1) is 9.20. The highest BCUT2D eigenvalue weighted by Crippen LogP contribution is 2.21. The van der Waals surface area contributed by atoms with E-state index in [1.54, 1.807) is 0 Å². The monoisotopic (exact) mass is 277 g/mol. The summed E-state index contributed by atoms with van der Waals surface area (Å²) in [5.41, 5.74) is 1.18. The van der Waals surface area contributed by atoms with Crippen LogP contribution in [-0.4, -0.2) is 29.1 Å². The SMILES string of the molecule is CCC1CCN(C(=O)C(S)Cc2ccccc2)CC1. The molecule has 1 unspecified atom stereocenters. The van der Waals surface area contributed by atoms with Gasteiger partial charge in [0.25, 0.3) is 0 Å². The minimum atomic E-state index is -0.208. The van der Waals surface area contributed by atoms with Gasteiger partial charge < -0.3 is 4.90 Å². The smallest absolute Gasteiger partial charge is 0.235 e. The number of likely N-dealkylation sites (tertiary alicyclic amines) is 1. The third-order valence-corrected chi connectivity index (χ3v) is 4.46. The molecule has 1 fully saturated rings. The summed E-state index contributed by atoms with van der Waals surface area (Å²) in [4.78, 5) is 14.3. The van der Waals surface area contributed by atoms with E-state index in [2.05, 4.69) is 31.7 Å². The van der Waals surface area contributed by atoms with E-state index in [1.807, 2.05) is 23.1 Å². The van der Waals surface area contributed by atoms with Crippen LogP contribution in [0, 0.1) is 5.92 Å². The number of piperidine rings is 1. The molecule has 0 aromatic heterocycles. The molecule has 1 saturated heterocycles. The molecular formula is C16H23NOS. The summed E-state index contributed by atoms with van der Waals surface area (Å²) in [5, 5.41) is -0.208. The van der Waals surface area contributed by atoms with Crippen LogP contribution in [0.4, 0.5) is 0 Å². The van der Waals surface area contributed by atoms with Crippen molar-refractivity contribution in [3.05, 3.63) is 35.9 Å². The second-order valence-corrected chi connectivity index (χ2v) is 6.01. The lowest BCUT2D eigenvalue weighted by atomic mass is 9.94. The molecule has 1 atom stereocenters. The Balaban J connectivity index is 1.86. The van der Waals surface area contributed by atoms with Crippen LogP contribution in [-0.2, 0) is 11.2 Å². The Hall–Kier alpha value is -0.960. The first-order valence-corrected chi connectivity index (χ1v) is 7.73. The highest BCUT2D eigenvalue weighted by atomic mass is 32.1. The molecule has 1 aliphatic heterocycles. The molecular weight excluding hydrogens is 254 g/mol. The molecule has 1 aromatic rings. The van der Waals surface area contributed by atoms with E-state index in [4.69, 9.17) is 0 Å². The molecule has 1 aromatic carbocycles. The minimum Gasteiger partial charge on any atom is -0.342 e. The van der Waals surface area contributed by atoms with Crippen molar-refractivity contribution in [2.24, 2.45) is 5.92 Å². The molecule has 0 radical (unpaired) electrons. The summed E-state index contributed by atoms with van der Waals surface area (Å²) in [6, 6.07) is 10.1. The van der Waals surface area contributed by atoms with E-state index in [-0.39, 0.29) is 11.2 Å². The second kappa shape index (κ2) is 6.99. The number of hydrogen-bond donors (Lipinski definition) is 1. The average molecular weight is 277 g/mol. The maximum atomic E-state index is 12.3. The van der Waals surface area contributed by atoms with Crippen LogP contribution in [0.1, 0.15) is 31.7 Å². The van der Waals surface area contributed by atoms with E-state index >= 15 is 0 Å². The van der Waals surface area contributed by atoms with Gasteiger partial charge in [-0.3, -0.25) is 4.79 Å². The minimum absolute atomic E-state index is 0.196. The van der Waals surface area contributed by atoms with Crippen LogP contribution in [0.15, 0.2) is 30.3 Å². The van der Waals surface area contributed by atoms with E-state index in [1.165, 1.54) is 12.0 Å². The van der Waals surface area contributed by atoms with E-state index in [9.17, 15) is 4.79 Å². The van der Waals surface area contributed by atoms with Gasteiger partial charge in [-0.1, -0.05) is 43.7 Å². The zero-order valence-electron chi connectivity index (χ0n) is 11.6. The quantitative estimate of drug-likeness (QED) is 0.838. The number of benzene rings is 1. The number of carbonyl (C=O) groups is 1. The fourth-order valence-corrected chi connectivity index (χ4v) is 3.07. The molecule has 0 saturated carbocycles. The van der Waals surface area contributed by atoms with Crippen LogP contribution in [0.2, 0.25) is 0 Å². The Bertz CT molecular complexity index is 398. The van der Waals surface area contributed by atoms with Crippen molar-refractivity contribution < 1.29 is 4.79 Å². The lowest BCUT2D eigenvalue weighted by molar-refractivity contribution is -0.131. The molecule has 0 spiro atoms. The van der Waals surface area contributed by atoms with Gasteiger partial charge in [0, 0.05) is 13.1 Å². The normalized spacial score (nSPS) is 18.3. The lowest BCUT2D eigenvalue weighted by Crippen LogP contribution is -2.42. The van der Waals surface area contributed by atoms with Crippen molar-refractivity contribution in [2.75, 3.05) is 13.1 Å². The highest BCUT2D eigenvalue weighted by Gasteiger charge is 2.25. The van der Waals surface area contributed by atoms with Gasteiger partial charge in [-0.15, -0.1) is 0 Å². The molecule has 1 heterocycles. The number of rotatable bonds is 4. The van der Waals surface area contributed by atoms with E-state index in [0.717, 1.165) is 38.3 Å². The maximum absolute atomic E-state index is 12.3. The topological polar surface area (TPSA) is 20.3 Å². The lowest BCUT2D eigenvalue weighted by Gasteiger charge is -2.33. The third kappa shape index (κ3) is 4.00. The molecule has 1 amide bonds. The molecule has 3 heteroatoms. The van der Waals surface area contributed by atoms with E-state index in [0.29, 0.717) is 0 Å². The molecule has 0 bridgehead atoms. The van der Waals surface area contributed by atoms with Crippen LogP contribution >= 0.6 is 12.6 Å². The zero-order valence-corrected chi connectivity index (χ0v) is 12.5. The Morgan fingerprint density at radius 1 is 1.32 bits per heavy atom. The van der Waals surface area contributed by atoms with Crippen molar-refractivity contribution in [3.63, 3.8) is 0 Å². The summed E-state index contributed by atoms with van der Waals surface area (Å²) < 4.78 is 0. The predicted octanol–water partition coefficient (Wildman–Crippen LogP) is 3.18. The molecule has 0 N–H and O–H groups in total. The summed E-state index contributed by atoms with van der Waals surface area (Å²) in [5.74, 6) is 0.998. The Labute approximate surface area is 121 Å². The largest absolute Gasteiger partial charge is 0.342 e. The van der Waals surface area contributed by atoms with Gasteiger partial charge in [0.05, 0.1) is 5.25 Å². The standard InChI is InChI=1S/C16H23NOS/c1-2-13-8-10-17(11-9-13)16(18)15(19)12-14-6-4-3-5-7-14/h3-7,13,15,19H,2,8-12H2,1H3. The van der Waals surface area contributed by atoms with Crippen molar-refractivity contribution in [2.45, 2.75) is 37.9 Å². The highest BCUT2D eigenvalue weighted by molar-refractivity contribution is 7.81. The van der Waals surface area contributed by atoms with Crippen molar-refractivity contribution in [3.8, 4) is 0 Å². The van der Waals surface area contributed by atoms with Crippen molar-refractivity contribution >= 4 is 18.5 Å². The number of carbonyl (C=O) groups excluding carboxylic acids is 1. The van der Waals surface area contributed by atoms with Gasteiger partial charge in [0.2, 0.25) is 5.91 Å². The van der Waals surface area contributed by atoms with Gasteiger partial charge in [-0.2, -0.15) is 12.6 Å². The van der Waals surface area contributed by atoms with Crippen LogP contribution in [0.5, 0.6) is 0 Å². The fourth-order valence-electron chi connectivity index (χ4n) is 2.70. The molecule has 1 aliphatic rings. The van der Waals surface area contributed by atoms with Gasteiger partial charge in [0.15, 0.2) is 0 Å².